The van der Waals surface area contributed by atoms with Crippen molar-refractivity contribution in [2.24, 2.45) is 0 Å². The van der Waals surface area contributed by atoms with E-state index in [1.807, 2.05) is 0 Å². The van der Waals surface area contributed by atoms with Gasteiger partial charge in [0.25, 0.3) is 0 Å². The molecule has 1 unspecified atom stereocenters. The Morgan fingerprint density at radius 1 is 1.27 bits per heavy atom. The summed E-state index contributed by atoms with van der Waals surface area (Å²) < 4.78 is 0. The Morgan fingerprint density at radius 3 is 2.73 bits per heavy atom. The highest BCUT2D eigenvalue weighted by molar-refractivity contribution is 5.66. The summed E-state index contributed by atoms with van der Waals surface area (Å²) in [6.45, 7) is 7.36. The fourth-order valence-corrected chi connectivity index (χ4v) is 3.25. The molecule has 1 fully saturated rings. The predicted molar refractivity (Wildman–Crippen MR) is 88.9 cm³/mol. The Bertz CT molecular complexity index is 450. The number of nitrogens with zero attached hydrogens (tertiary/aromatic N) is 2. The Morgan fingerprint density at radius 2 is 2.05 bits per heavy atom. The van der Waals surface area contributed by atoms with E-state index in [0.717, 1.165) is 39.1 Å². The molecular formula is C18H28N2O2. The molecule has 0 aliphatic carbocycles. The summed E-state index contributed by atoms with van der Waals surface area (Å²) in [5.74, 6) is -0.687. The van der Waals surface area contributed by atoms with E-state index in [9.17, 15) is 4.79 Å². The van der Waals surface area contributed by atoms with Crippen molar-refractivity contribution in [3.05, 3.63) is 35.9 Å². The van der Waals surface area contributed by atoms with Crippen molar-refractivity contribution in [1.82, 2.24) is 9.80 Å². The zero-order valence-corrected chi connectivity index (χ0v) is 13.6. The van der Waals surface area contributed by atoms with Crippen molar-refractivity contribution in [2.75, 3.05) is 26.2 Å². The molecule has 4 heteroatoms. The van der Waals surface area contributed by atoms with Gasteiger partial charge in [-0.15, -0.1) is 0 Å². The minimum absolute atomic E-state index is 0.280. The molecule has 4 nitrogen and oxygen atoms in total. The first-order valence-corrected chi connectivity index (χ1v) is 8.41. The summed E-state index contributed by atoms with van der Waals surface area (Å²) in [6, 6.07) is 11.3. The maximum atomic E-state index is 10.6. The van der Waals surface area contributed by atoms with Gasteiger partial charge in [-0.25, -0.2) is 0 Å². The van der Waals surface area contributed by atoms with Gasteiger partial charge in [0, 0.05) is 38.6 Å². The van der Waals surface area contributed by atoms with E-state index < -0.39 is 5.97 Å². The Kier molecular flexibility index (Phi) is 6.87. The number of piperazine rings is 1. The first-order valence-electron chi connectivity index (χ1n) is 8.41. The fraction of sp³-hybridized carbons (Fsp3) is 0.611. The van der Waals surface area contributed by atoms with Crippen molar-refractivity contribution in [3.8, 4) is 0 Å². The van der Waals surface area contributed by atoms with Crippen LogP contribution in [0.2, 0.25) is 0 Å². The van der Waals surface area contributed by atoms with E-state index in [1.54, 1.807) is 0 Å². The van der Waals surface area contributed by atoms with E-state index >= 15 is 0 Å². The molecular weight excluding hydrogens is 276 g/mol. The number of carboxylic acids is 1. The zero-order valence-electron chi connectivity index (χ0n) is 13.6. The van der Waals surface area contributed by atoms with Crippen LogP contribution in [0.4, 0.5) is 0 Å². The lowest BCUT2D eigenvalue weighted by atomic mass is 10.0. The Hall–Kier alpha value is -1.39. The van der Waals surface area contributed by atoms with Gasteiger partial charge in [-0.05, 0) is 24.9 Å². The van der Waals surface area contributed by atoms with Gasteiger partial charge in [-0.3, -0.25) is 9.69 Å². The van der Waals surface area contributed by atoms with E-state index in [4.69, 9.17) is 5.11 Å². The molecule has 22 heavy (non-hydrogen) atoms. The molecule has 122 valence electrons. The molecule has 1 heterocycles. The van der Waals surface area contributed by atoms with Crippen LogP contribution in [0.3, 0.4) is 0 Å². The molecule has 1 aliphatic heterocycles. The summed E-state index contributed by atoms with van der Waals surface area (Å²) in [6.07, 6.45) is 3.44. The summed E-state index contributed by atoms with van der Waals surface area (Å²) in [5.41, 5.74) is 1.38. The predicted octanol–water partition coefficient (Wildman–Crippen LogP) is 2.84. The van der Waals surface area contributed by atoms with Crippen molar-refractivity contribution in [2.45, 2.75) is 45.2 Å². The minimum Gasteiger partial charge on any atom is -0.481 e. The number of aliphatic carboxylic acids is 1. The number of benzene rings is 1. The van der Waals surface area contributed by atoms with E-state index in [1.165, 1.54) is 18.4 Å². The van der Waals surface area contributed by atoms with Gasteiger partial charge in [0.05, 0.1) is 0 Å². The third-order valence-corrected chi connectivity index (χ3v) is 4.40. The highest BCUT2D eigenvalue weighted by Gasteiger charge is 2.26. The Labute approximate surface area is 133 Å². The van der Waals surface area contributed by atoms with Crippen molar-refractivity contribution >= 4 is 5.97 Å². The van der Waals surface area contributed by atoms with Crippen molar-refractivity contribution in [1.29, 1.82) is 0 Å². The summed E-state index contributed by atoms with van der Waals surface area (Å²) >= 11 is 0. The number of hydrogen-bond donors (Lipinski definition) is 1. The normalized spacial score (nSPS) is 20.1. The zero-order chi connectivity index (χ0) is 15.8. The standard InChI is InChI=1S/C18H28N2O2/c1-2-7-17-15-19(11-6-10-18(21)22)12-13-20(17)14-16-8-4-3-5-9-16/h3-5,8-9,17H,2,6-7,10-15H2,1H3,(H,21,22). The number of hydrogen-bond acceptors (Lipinski definition) is 3. The van der Waals surface area contributed by atoms with Crippen molar-refractivity contribution < 1.29 is 9.90 Å². The Balaban J connectivity index is 1.86. The van der Waals surface area contributed by atoms with Crippen LogP contribution in [-0.4, -0.2) is 53.1 Å². The second-order valence-corrected chi connectivity index (χ2v) is 6.20. The summed E-state index contributed by atoms with van der Waals surface area (Å²) in [5, 5.41) is 8.76. The summed E-state index contributed by atoms with van der Waals surface area (Å²) in [7, 11) is 0. The van der Waals surface area contributed by atoms with Gasteiger partial charge in [-0.1, -0.05) is 43.7 Å². The highest BCUT2D eigenvalue weighted by atomic mass is 16.4. The van der Waals surface area contributed by atoms with Gasteiger partial charge < -0.3 is 10.0 Å². The van der Waals surface area contributed by atoms with Crippen LogP contribution < -0.4 is 0 Å². The van der Waals surface area contributed by atoms with Crippen LogP contribution >= 0.6 is 0 Å². The molecule has 1 saturated heterocycles. The van der Waals surface area contributed by atoms with E-state index in [-0.39, 0.29) is 6.42 Å². The molecule has 1 aromatic carbocycles. The fourth-order valence-electron chi connectivity index (χ4n) is 3.25. The molecule has 1 aromatic rings. The van der Waals surface area contributed by atoms with E-state index in [2.05, 4.69) is 47.1 Å². The molecule has 0 saturated carbocycles. The van der Waals surface area contributed by atoms with Gasteiger partial charge in [-0.2, -0.15) is 0 Å². The quantitative estimate of drug-likeness (QED) is 0.802. The minimum atomic E-state index is -0.687. The molecule has 1 aliphatic rings. The lowest BCUT2D eigenvalue weighted by molar-refractivity contribution is -0.137. The molecule has 0 aromatic heterocycles. The van der Waals surface area contributed by atoms with E-state index in [0.29, 0.717) is 6.04 Å². The number of rotatable bonds is 8. The first-order chi connectivity index (χ1) is 10.7. The van der Waals surface area contributed by atoms with Gasteiger partial charge >= 0.3 is 5.97 Å². The molecule has 1 N–H and O–H groups in total. The average molecular weight is 304 g/mol. The molecule has 0 radical (unpaired) electrons. The second-order valence-electron chi connectivity index (χ2n) is 6.20. The van der Waals surface area contributed by atoms with Crippen LogP contribution in [-0.2, 0) is 11.3 Å². The topological polar surface area (TPSA) is 43.8 Å². The maximum absolute atomic E-state index is 10.6. The number of carboxylic acid groups (broad SMARTS) is 1. The van der Waals surface area contributed by atoms with Crippen LogP contribution in [0.5, 0.6) is 0 Å². The monoisotopic (exact) mass is 304 g/mol. The maximum Gasteiger partial charge on any atom is 0.303 e. The molecule has 2 rings (SSSR count). The third kappa shape index (κ3) is 5.43. The smallest absolute Gasteiger partial charge is 0.303 e. The molecule has 0 spiro atoms. The molecule has 0 amide bonds. The van der Waals surface area contributed by atoms with Gasteiger partial charge in [0.15, 0.2) is 0 Å². The van der Waals surface area contributed by atoms with Crippen LogP contribution in [0.15, 0.2) is 30.3 Å². The average Bonchev–Trinajstić information content (AvgIpc) is 2.51. The number of carbonyl (C=O) groups is 1. The summed E-state index contributed by atoms with van der Waals surface area (Å²) in [4.78, 5) is 15.7. The SMILES string of the molecule is CCCC1CN(CCCC(=O)O)CCN1Cc1ccccc1. The first kappa shape index (κ1) is 17.0. The van der Waals surface area contributed by atoms with Crippen LogP contribution in [0.25, 0.3) is 0 Å². The van der Waals surface area contributed by atoms with Crippen LogP contribution in [0.1, 0.15) is 38.2 Å². The third-order valence-electron chi connectivity index (χ3n) is 4.40. The largest absolute Gasteiger partial charge is 0.481 e. The van der Waals surface area contributed by atoms with Gasteiger partial charge in [0.2, 0.25) is 0 Å². The van der Waals surface area contributed by atoms with Gasteiger partial charge in [0.1, 0.15) is 0 Å². The lowest BCUT2D eigenvalue weighted by Crippen LogP contribution is -2.52. The second kappa shape index (κ2) is 8.91. The molecule has 0 bridgehead atoms. The van der Waals surface area contributed by atoms with Crippen molar-refractivity contribution in [3.63, 3.8) is 0 Å². The highest BCUT2D eigenvalue weighted by Crippen LogP contribution is 2.18. The lowest BCUT2D eigenvalue weighted by Gasteiger charge is -2.41. The molecule has 1 atom stereocenters. The van der Waals surface area contributed by atoms with Crippen LogP contribution in [0, 0.1) is 0 Å².